The van der Waals surface area contributed by atoms with E-state index in [9.17, 15) is 0 Å². The van der Waals surface area contributed by atoms with E-state index in [2.05, 4.69) is 52.3 Å². The smallest absolute Gasteiger partial charge is 0.129 e. The SMILES string of the molecule is [B]c1cc2c(c3ccccc13)-c1c(cc(Br)c3ccccc13)OCCCO2. The number of rotatable bonds is 0. The highest BCUT2D eigenvalue weighted by Gasteiger charge is 2.22. The summed E-state index contributed by atoms with van der Waals surface area (Å²) in [5.41, 5.74) is 2.83. The zero-order valence-electron chi connectivity index (χ0n) is 14.7. The first-order valence-electron chi connectivity index (χ1n) is 9.02. The highest BCUT2D eigenvalue weighted by Crippen LogP contribution is 2.47. The van der Waals surface area contributed by atoms with Crippen LogP contribution < -0.4 is 14.9 Å². The third-order valence-corrected chi connectivity index (χ3v) is 5.71. The molecule has 0 aliphatic carbocycles. The Hall–Kier alpha value is -2.46. The fraction of sp³-hybridized carbons (Fsp3) is 0.130. The van der Waals surface area contributed by atoms with E-state index >= 15 is 0 Å². The summed E-state index contributed by atoms with van der Waals surface area (Å²) < 4.78 is 13.4. The molecule has 27 heavy (non-hydrogen) atoms. The summed E-state index contributed by atoms with van der Waals surface area (Å²) in [4.78, 5) is 0. The van der Waals surface area contributed by atoms with Crippen LogP contribution in [0.1, 0.15) is 6.42 Å². The summed E-state index contributed by atoms with van der Waals surface area (Å²) in [5, 5.41) is 4.37. The highest BCUT2D eigenvalue weighted by atomic mass is 79.9. The Kier molecular flexibility index (Phi) is 4.09. The van der Waals surface area contributed by atoms with Gasteiger partial charge in [0.15, 0.2) is 0 Å². The molecule has 0 amide bonds. The van der Waals surface area contributed by atoms with Crippen molar-refractivity contribution in [3.05, 3.63) is 65.1 Å². The molecule has 0 saturated heterocycles. The van der Waals surface area contributed by atoms with Crippen LogP contribution in [0.15, 0.2) is 65.1 Å². The van der Waals surface area contributed by atoms with Gasteiger partial charge in [0.05, 0.1) is 13.2 Å². The van der Waals surface area contributed by atoms with Gasteiger partial charge in [-0.1, -0.05) is 69.9 Å². The summed E-state index contributed by atoms with van der Waals surface area (Å²) in [6, 6.07) is 20.6. The largest absolute Gasteiger partial charge is 0.493 e. The molecule has 0 aromatic heterocycles. The molecule has 0 saturated carbocycles. The molecule has 1 aliphatic heterocycles. The van der Waals surface area contributed by atoms with Crippen LogP contribution in [0.25, 0.3) is 32.7 Å². The number of halogens is 1. The molecule has 0 spiro atoms. The molecular weight excluding hydrogens is 399 g/mol. The second kappa shape index (κ2) is 6.61. The van der Waals surface area contributed by atoms with E-state index < -0.39 is 0 Å². The lowest BCUT2D eigenvalue weighted by molar-refractivity contribution is 0.252. The van der Waals surface area contributed by atoms with Crippen LogP contribution in [0.3, 0.4) is 0 Å². The molecule has 5 rings (SSSR count). The van der Waals surface area contributed by atoms with Crippen LogP contribution >= 0.6 is 15.9 Å². The average molecular weight is 415 g/mol. The van der Waals surface area contributed by atoms with Gasteiger partial charge in [0.1, 0.15) is 19.3 Å². The van der Waals surface area contributed by atoms with E-state index in [1.165, 1.54) is 0 Å². The number of fused-ring (bicyclic) bond motifs is 7. The van der Waals surface area contributed by atoms with Gasteiger partial charge in [0, 0.05) is 22.0 Å². The molecule has 4 heteroatoms. The van der Waals surface area contributed by atoms with Gasteiger partial charge in [0.25, 0.3) is 0 Å². The number of hydrogen-bond acceptors (Lipinski definition) is 2. The Morgan fingerprint density at radius 1 is 0.704 bits per heavy atom. The van der Waals surface area contributed by atoms with Gasteiger partial charge >= 0.3 is 0 Å². The standard InChI is InChI=1S/C23H16BBrO2/c24-18-12-20-22(16-8-3-1-6-14(16)18)23-17-9-4-2-7-15(17)19(25)13-21(23)27-11-5-10-26-20/h1-4,6-9,12-13H,5,10-11H2. The quantitative estimate of drug-likeness (QED) is 0.360. The first kappa shape index (κ1) is 16.7. The first-order chi connectivity index (χ1) is 13.2. The van der Waals surface area contributed by atoms with Crippen molar-refractivity contribution in [3.63, 3.8) is 0 Å². The molecule has 0 fully saturated rings. The van der Waals surface area contributed by atoms with E-state index in [1.807, 2.05) is 24.3 Å². The van der Waals surface area contributed by atoms with Crippen LogP contribution in [0.2, 0.25) is 0 Å². The molecule has 2 radical (unpaired) electrons. The van der Waals surface area contributed by atoms with Gasteiger partial charge in [-0.3, -0.25) is 0 Å². The van der Waals surface area contributed by atoms with Crippen LogP contribution in [0.5, 0.6) is 11.5 Å². The summed E-state index contributed by atoms with van der Waals surface area (Å²) in [7, 11) is 6.35. The number of hydrogen-bond donors (Lipinski definition) is 0. The topological polar surface area (TPSA) is 18.5 Å². The van der Waals surface area contributed by atoms with Crippen molar-refractivity contribution >= 4 is 50.8 Å². The Labute approximate surface area is 167 Å². The molecule has 0 unspecified atom stereocenters. The average Bonchev–Trinajstić information content (AvgIpc) is 2.77. The summed E-state index contributed by atoms with van der Waals surface area (Å²) >= 11 is 3.71. The Bertz CT molecular complexity index is 1090. The van der Waals surface area contributed by atoms with Crippen molar-refractivity contribution in [1.29, 1.82) is 0 Å². The monoisotopic (exact) mass is 414 g/mol. The van der Waals surface area contributed by atoms with Crippen molar-refractivity contribution in [2.24, 2.45) is 0 Å². The lowest BCUT2D eigenvalue weighted by Crippen LogP contribution is -2.08. The predicted octanol–water partition coefficient (Wildman–Crippen LogP) is 5.38. The summed E-state index contributed by atoms with van der Waals surface area (Å²) in [6.45, 7) is 1.21. The van der Waals surface area contributed by atoms with Crippen LogP contribution in [0, 0.1) is 0 Å². The zero-order valence-corrected chi connectivity index (χ0v) is 16.3. The van der Waals surface area contributed by atoms with Crippen LogP contribution in [0.4, 0.5) is 0 Å². The maximum absolute atomic E-state index is 6.35. The van der Waals surface area contributed by atoms with Crippen molar-refractivity contribution in [2.45, 2.75) is 6.42 Å². The van der Waals surface area contributed by atoms with E-state index in [-0.39, 0.29) is 0 Å². The van der Waals surface area contributed by atoms with Crippen molar-refractivity contribution in [1.82, 2.24) is 0 Å². The Morgan fingerprint density at radius 3 is 1.89 bits per heavy atom. The minimum atomic E-state index is 0.595. The normalized spacial score (nSPS) is 13.7. The lowest BCUT2D eigenvalue weighted by atomic mass is 9.84. The van der Waals surface area contributed by atoms with Crippen LogP contribution in [-0.2, 0) is 0 Å². The first-order valence-corrected chi connectivity index (χ1v) is 9.82. The molecule has 1 aliphatic rings. The Morgan fingerprint density at radius 2 is 1.22 bits per heavy atom. The fourth-order valence-electron chi connectivity index (χ4n) is 3.85. The minimum Gasteiger partial charge on any atom is -0.493 e. The molecule has 4 aromatic rings. The fourth-order valence-corrected chi connectivity index (χ4v) is 4.40. The number of ether oxygens (including phenoxy) is 2. The molecule has 2 nitrogen and oxygen atoms in total. The van der Waals surface area contributed by atoms with Crippen molar-refractivity contribution in [2.75, 3.05) is 13.2 Å². The van der Waals surface area contributed by atoms with Gasteiger partial charge in [0.2, 0.25) is 0 Å². The second-order valence-electron chi connectivity index (χ2n) is 6.71. The minimum absolute atomic E-state index is 0.595. The van der Waals surface area contributed by atoms with E-state index in [0.29, 0.717) is 13.2 Å². The van der Waals surface area contributed by atoms with Crippen LogP contribution in [-0.4, -0.2) is 21.1 Å². The molecule has 0 N–H and O–H groups in total. The maximum atomic E-state index is 6.35. The summed E-state index contributed by atoms with van der Waals surface area (Å²) in [5.74, 6) is 1.67. The molecule has 0 bridgehead atoms. The lowest BCUT2D eigenvalue weighted by Gasteiger charge is -2.19. The van der Waals surface area contributed by atoms with Crippen molar-refractivity contribution < 1.29 is 9.47 Å². The third kappa shape index (κ3) is 2.71. The highest BCUT2D eigenvalue weighted by molar-refractivity contribution is 9.10. The maximum Gasteiger partial charge on any atom is 0.129 e. The van der Waals surface area contributed by atoms with Gasteiger partial charge in [-0.15, -0.1) is 0 Å². The predicted molar refractivity (Wildman–Crippen MR) is 116 cm³/mol. The van der Waals surface area contributed by atoms with E-state index in [0.717, 1.165) is 60.5 Å². The molecule has 4 aromatic carbocycles. The molecule has 1 heterocycles. The van der Waals surface area contributed by atoms with E-state index in [4.69, 9.17) is 17.3 Å². The molecular formula is C23H16BBrO2. The second-order valence-corrected chi connectivity index (χ2v) is 7.57. The third-order valence-electron chi connectivity index (χ3n) is 5.05. The molecule has 0 atom stereocenters. The van der Waals surface area contributed by atoms with Gasteiger partial charge < -0.3 is 9.47 Å². The molecule has 130 valence electrons. The van der Waals surface area contributed by atoms with Crippen molar-refractivity contribution in [3.8, 4) is 22.6 Å². The van der Waals surface area contributed by atoms with E-state index in [1.54, 1.807) is 0 Å². The van der Waals surface area contributed by atoms with Gasteiger partial charge in [-0.25, -0.2) is 0 Å². The number of benzene rings is 4. The van der Waals surface area contributed by atoms with Gasteiger partial charge in [-0.05, 0) is 33.7 Å². The van der Waals surface area contributed by atoms with Gasteiger partial charge in [-0.2, -0.15) is 0 Å². The Balaban J connectivity index is 2.00. The zero-order chi connectivity index (χ0) is 18.4. The summed E-state index contributed by atoms with van der Waals surface area (Å²) in [6.07, 6.45) is 0.816.